The number of thioether (sulfide) groups is 1. The van der Waals surface area contributed by atoms with Crippen molar-refractivity contribution in [3.8, 4) is 0 Å². The lowest BCUT2D eigenvalue weighted by Gasteiger charge is -2.22. The smallest absolute Gasteiger partial charge is 0.240 e. The fourth-order valence-electron chi connectivity index (χ4n) is 2.23. The molecule has 146 valence electrons. The molecule has 0 saturated carbocycles. The summed E-state index contributed by atoms with van der Waals surface area (Å²) in [5.41, 5.74) is 0.138. The number of nitrogens with one attached hydrogen (secondary N) is 1. The molecule has 0 atom stereocenters. The van der Waals surface area contributed by atoms with Crippen LogP contribution in [0.5, 0.6) is 0 Å². The molecule has 2 aromatic rings. The van der Waals surface area contributed by atoms with Crippen molar-refractivity contribution in [2.24, 2.45) is 0 Å². The first kappa shape index (κ1) is 21.5. The van der Waals surface area contributed by atoms with E-state index in [9.17, 15) is 17.6 Å². The highest BCUT2D eigenvalue weighted by atomic mass is 35.5. The van der Waals surface area contributed by atoms with Gasteiger partial charge < -0.3 is 5.32 Å². The second-order valence-corrected chi connectivity index (χ2v) is 9.22. The minimum Gasteiger partial charge on any atom is -0.354 e. The van der Waals surface area contributed by atoms with Crippen LogP contribution >= 0.6 is 23.4 Å². The summed E-state index contributed by atoms with van der Waals surface area (Å²) in [5.74, 6) is -0.270. The molecule has 2 aromatic carbocycles. The van der Waals surface area contributed by atoms with Gasteiger partial charge in [-0.3, -0.25) is 9.10 Å². The number of hydrogen-bond donors (Lipinski definition) is 1. The molecule has 0 aromatic heterocycles. The predicted octanol–water partition coefficient (Wildman–Crippen LogP) is 3.54. The van der Waals surface area contributed by atoms with Crippen molar-refractivity contribution in [3.05, 3.63) is 59.4 Å². The highest BCUT2D eigenvalue weighted by molar-refractivity contribution is 7.99. The van der Waals surface area contributed by atoms with Gasteiger partial charge in [0.25, 0.3) is 0 Å². The Bertz CT molecular complexity index is 879. The number of carbonyl (C=O) groups excluding carboxylic acids is 1. The van der Waals surface area contributed by atoms with Gasteiger partial charge in [-0.1, -0.05) is 29.8 Å². The Kier molecular flexibility index (Phi) is 7.94. The van der Waals surface area contributed by atoms with Crippen LogP contribution in [0.3, 0.4) is 0 Å². The lowest BCUT2D eigenvalue weighted by molar-refractivity contribution is -0.119. The maximum absolute atomic E-state index is 13.3. The van der Waals surface area contributed by atoms with Crippen molar-refractivity contribution >= 4 is 45.0 Å². The second kappa shape index (κ2) is 9.96. The average molecular weight is 431 g/mol. The van der Waals surface area contributed by atoms with Crippen LogP contribution in [0, 0.1) is 5.82 Å². The second-order valence-electron chi connectivity index (χ2n) is 5.73. The molecule has 1 N–H and O–H groups in total. The Labute approximate surface area is 168 Å². The van der Waals surface area contributed by atoms with Crippen molar-refractivity contribution in [2.45, 2.75) is 11.3 Å². The zero-order valence-electron chi connectivity index (χ0n) is 14.7. The summed E-state index contributed by atoms with van der Waals surface area (Å²) in [5, 5.41) is 2.49. The zero-order valence-corrected chi connectivity index (χ0v) is 17.1. The van der Waals surface area contributed by atoms with E-state index in [1.165, 1.54) is 12.1 Å². The molecule has 0 spiro atoms. The van der Waals surface area contributed by atoms with Gasteiger partial charge in [0.05, 0.1) is 17.0 Å². The predicted molar refractivity (Wildman–Crippen MR) is 108 cm³/mol. The summed E-state index contributed by atoms with van der Waals surface area (Å²) < 4.78 is 38.2. The quantitative estimate of drug-likeness (QED) is 0.488. The summed E-state index contributed by atoms with van der Waals surface area (Å²) >= 11 is 7.40. The van der Waals surface area contributed by atoms with Crippen LogP contribution in [0.1, 0.15) is 6.42 Å². The van der Waals surface area contributed by atoms with Crippen LogP contribution in [-0.4, -0.2) is 39.4 Å². The standard InChI is InChI=1S/C18H20ClFN2O3S2/c1-27(24,25)22(14-8-9-17(20)16(19)12-14)13-18(23)21-10-5-11-26-15-6-3-2-4-7-15/h2-4,6-9,12H,5,10-11,13H2,1H3,(H,21,23). The molecule has 0 heterocycles. The zero-order chi connectivity index (χ0) is 19.9. The van der Waals surface area contributed by atoms with Crippen molar-refractivity contribution in [3.63, 3.8) is 0 Å². The SMILES string of the molecule is CS(=O)(=O)N(CC(=O)NCCCSc1ccccc1)c1ccc(F)c(Cl)c1. The highest BCUT2D eigenvalue weighted by Crippen LogP contribution is 2.24. The van der Waals surface area contributed by atoms with E-state index in [2.05, 4.69) is 5.32 Å². The number of nitrogens with zero attached hydrogens (tertiary/aromatic N) is 1. The van der Waals surface area contributed by atoms with Gasteiger partial charge in [-0.15, -0.1) is 11.8 Å². The van der Waals surface area contributed by atoms with Crippen LogP contribution in [0.15, 0.2) is 53.4 Å². The summed E-state index contributed by atoms with van der Waals surface area (Å²) in [6, 6.07) is 13.4. The molecule has 0 fully saturated rings. The van der Waals surface area contributed by atoms with E-state index in [4.69, 9.17) is 11.6 Å². The van der Waals surface area contributed by atoms with E-state index < -0.39 is 28.3 Å². The minimum atomic E-state index is -3.73. The normalized spacial score (nSPS) is 11.2. The van der Waals surface area contributed by atoms with E-state index in [-0.39, 0.29) is 10.7 Å². The number of benzene rings is 2. The van der Waals surface area contributed by atoms with Crippen LogP contribution < -0.4 is 9.62 Å². The first-order chi connectivity index (χ1) is 12.8. The van der Waals surface area contributed by atoms with Gasteiger partial charge in [0.2, 0.25) is 15.9 Å². The van der Waals surface area contributed by atoms with Crippen molar-refractivity contribution in [1.29, 1.82) is 0 Å². The average Bonchev–Trinajstić information content (AvgIpc) is 2.62. The lowest BCUT2D eigenvalue weighted by atomic mass is 10.3. The van der Waals surface area contributed by atoms with Gasteiger partial charge in [0.1, 0.15) is 12.4 Å². The molecule has 0 bridgehead atoms. The van der Waals surface area contributed by atoms with Crippen molar-refractivity contribution < 1.29 is 17.6 Å². The van der Waals surface area contributed by atoms with Crippen molar-refractivity contribution in [1.82, 2.24) is 5.32 Å². The third kappa shape index (κ3) is 7.04. The van der Waals surface area contributed by atoms with Gasteiger partial charge in [0, 0.05) is 11.4 Å². The summed E-state index contributed by atoms with van der Waals surface area (Å²) in [6.45, 7) is 0.0348. The van der Waals surface area contributed by atoms with E-state index in [1.54, 1.807) is 11.8 Å². The third-order valence-corrected chi connectivity index (χ3v) is 6.06. The fourth-order valence-corrected chi connectivity index (χ4v) is 4.13. The minimum absolute atomic E-state index is 0.138. The topological polar surface area (TPSA) is 66.5 Å². The van der Waals surface area contributed by atoms with E-state index in [0.29, 0.717) is 6.54 Å². The Hall–Kier alpha value is -1.77. The summed E-state index contributed by atoms with van der Waals surface area (Å²) in [6.07, 6.45) is 1.72. The molecule has 0 aliphatic rings. The molecular weight excluding hydrogens is 411 g/mol. The molecule has 0 saturated heterocycles. The van der Waals surface area contributed by atoms with Gasteiger partial charge in [0.15, 0.2) is 0 Å². The maximum Gasteiger partial charge on any atom is 0.240 e. The lowest BCUT2D eigenvalue weighted by Crippen LogP contribution is -2.40. The summed E-state index contributed by atoms with van der Waals surface area (Å²) in [4.78, 5) is 13.3. The molecule has 0 aliphatic carbocycles. The first-order valence-electron chi connectivity index (χ1n) is 8.14. The molecule has 9 heteroatoms. The maximum atomic E-state index is 13.3. The Morgan fingerprint density at radius 3 is 2.56 bits per heavy atom. The number of rotatable bonds is 9. The van der Waals surface area contributed by atoms with Crippen molar-refractivity contribution in [2.75, 3.05) is 29.4 Å². The van der Waals surface area contributed by atoms with Gasteiger partial charge >= 0.3 is 0 Å². The first-order valence-corrected chi connectivity index (χ1v) is 11.4. The molecule has 0 radical (unpaired) electrons. The molecule has 0 unspecified atom stereocenters. The largest absolute Gasteiger partial charge is 0.354 e. The molecule has 2 rings (SSSR count). The van der Waals surface area contributed by atoms with E-state index in [1.807, 2.05) is 30.3 Å². The van der Waals surface area contributed by atoms with Crippen LogP contribution in [-0.2, 0) is 14.8 Å². The number of sulfonamides is 1. The Balaban J connectivity index is 1.86. The van der Waals surface area contributed by atoms with E-state index >= 15 is 0 Å². The van der Waals surface area contributed by atoms with Gasteiger partial charge in [-0.25, -0.2) is 12.8 Å². The molecule has 27 heavy (non-hydrogen) atoms. The number of carbonyl (C=O) groups is 1. The number of halogens is 2. The van der Waals surface area contributed by atoms with Gasteiger partial charge in [-0.05, 0) is 42.5 Å². The van der Waals surface area contributed by atoms with Gasteiger partial charge in [-0.2, -0.15) is 0 Å². The molecule has 1 amide bonds. The van der Waals surface area contributed by atoms with Crippen LogP contribution in [0.4, 0.5) is 10.1 Å². The third-order valence-electron chi connectivity index (χ3n) is 3.53. The fraction of sp³-hybridized carbons (Fsp3) is 0.278. The highest BCUT2D eigenvalue weighted by Gasteiger charge is 2.21. The Morgan fingerprint density at radius 1 is 1.22 bits per heavy atom. The number of hydrogen-bond acceptors (Lipinski definition) is 4. The monoisotopic (exact) mass is 430 g/mol. The van der Waals surface area contributed by atoms with E-state index in [0.717, 1.165) is 33.7 Å². The molecule has 5 nitrogen and oxygen atoms in total. The number of anilines is 1. The molecular formula is C18H20ClFN2O3S2. The summed E-state index contributed by atoms with van der Waals surface area (Å²) in [7, 11) is -3.73. The molecule has 0 aliphatic heterocycles. The Morgan fingerprint density at radius 2 is 1.93 bits per heavy atom. The van der Waals surface area contributed by atoms with Crippen LogP contribution in [0.25, 0.3) is 0 Å². The number of amides is 1. The van der Waals surface area contributed by atoms with Crippen LogP contribution in [0.2, 0.25) is 5.02 Å².